The maximum absolute atomic E-state index is 12.5. The molecule has 120 valence electrons. The van der Waals surface area contributed by atoms with Gasteiger partial charge < -0.3 is 9.32 Å². The normalized spacial score (nSPS) is 11.7. The maximum atomic E-state index is 12.5. The van der Waals surface area contributed by atoms with Crippen LogP contribution in [0.2, 0.25) is 0 Å². The monoisotopic (exact) mass is 294 g/mol. The van der Waals surface area contributed by atoms with Crippen LogP contribution in [0.4, 0.5) is 0 Å². The van der Waals surface area contributed by atoms with Crippen molar-refractivity contribution in [3.8, 4) is 0 Å². The van der Waals surface area contributed by atoms with Gasteiger partial charge in [0.25, 0.3) is 0 Å². The summed E-state index contributed by atoms with van der Waals surface area (Å²) in [6.45, 7) is 14.0. The largest absolute Gasteiger partial charge is 0.444 e. The lowest BCUT2D eigenvalue weighted by Gasteiger charge is -2.21. The number of nitrogens with zero attached hydrogens (tertiary/aromatic N) is 2. The van der Waals surface area contributed by atoms with Crippen LogP contribution in [-0.4, -0.2) is 28.9 Å². The van der Waals surface area contributed by atoms with E-state index in [-0.39, 0.29) is 11.3 Å². The fraction of sp³-hybridized carbons (Fsp3) is 0.765. The Morgan fingerprint density at radius 2 is 1.86 bits per heavy atom. The second kappa shape index (κ2) is 7.62. The van der Waals surface area contributed by atoms with Gasteiger partial charge in [0, 0.05) is 18.5 Å². The van der Waals surface area contributed by atoms with Crippen molar-refractivity contribution in [1.82, 2.24) is 9.88 Å². The Hall–Kier alpha value is -1.32. The molecule has 0 aromatic carbocycles. The zero-order valence-electron chi connectivity index (χ0n) is 14.5. The van der Waals surface area contributed by atoms with Crippen molar-refractivity contribution >= 4 is 5.91 Å². The fourth-order valence-electron chi connectivity index (χ4n) is 2.14. The first-order chi connectivity index (χ1) is 9.79. The quantitative estimate of drug-likeness (QED) is 0.767. The molecule has 0 fully saturated rings. The summed E-state index contributed by atoms with van der Waals surface area (Å²) in [7, 11) is 0. The molecule has 0 bridgehead atoms. The number of carbonyl (C=O) groups is 1. The number of hydrogen-bond acceptors (Lipinski definition) is 3. The molecule has 1 heterocycles. The Bertz CT molecular complexity index is 458. The summed E-state index contributed by atoms with van der Waals surface area (Å²) in [6.07, 6.45) is 3.45. The lowest BCUT2D eigenvalue weighted by atomic mass is 9.97. The van der Waals surface area contributed by atoms with Crippen molar-refractivity contribution in [3.05, 3.63) is 17.3 Å². The van der Waals surface area contributed by atoms with Crippen molar-refractivity contribution < 1.29 is 9.21 Å². The molecule has 0 spiro atoms. The summed E-state index contributed by atoms with van der Waals surface area (Å²) in [5.74, 6) is 1.56. The number of aromatic nitrogens is 1. The van der Waals surface area contributed by atoms with Gasteiger partial charge in [0.2, 0.25) is 5.91 Å². The minimum Gasteiger partial charge on any atom is -0.444 e. The molecule has 0 aliphatic carbocycles. The highest BCUT2D eigenvalue weighted by atomic mass is 16.4. The molecule has 4 nitrogen and oxygen atoms in total. The van der Waals surface area contributed by atoms with Gasteiger partial charge >= 0.3 is 0 Å². The zero-order chi connectivity index (χ0) is 16.0. The zero-order valence-corrected chi connectivity index (χ0v) is 14.5. The van der Waals surface area contributed by atoms with Crippen LogP contribution in [0.1, 0.15) is 71.2 Å². The van der Waals surface area contributed by atoms with Crippen LogP contribution in [0.25, 0.3) is 0 Å². The van der Waals surface area contributed by atoms with Gasteiger partial charge in [0.15, 0.2) is 5.89 Å². The summed E-state index contributed by atoms with van der Waals surface area (Å²) < 4.78 is 5.82. The molecule has 1 aromatic rings. The van der Waals surface area contributed by atoms with Gasteiger partial charge in [-0.05, 0) is 19.8 Å². The van der Waals surface area contributed by atoms with Crippen LogP contribution in [-0.2, 0) is 16.6 Å². The minimum atomic E-state index is -0.128. The molecule has 0 aliphatic heterocycles. The predicted molar refractivity (Wildman–Crippen MR) is 85.4 cm³/mol. The van der Waals surface area contributed by atoms with E-state index in [0.717, 1.165) is 38.0 Å². The number of rotatable bonds is 7. The van der Waals surface area contributed by atoms with Gasteiger partial charge in [-0.15, -0.1) is 0 Å². The molecule has 1 rings (SSSR count). The average molecular weight is 294 g/mol. The molecule has 21 heavy (non-hydrogen) atoms. The topological polar surface area (TPSA) is 46.3 Å². The lowest BCUT2D eigenvalue weighted by Crippen LogP contribution is -2.34. The van der Waals surface area contributed by atoms with Crippen LogP contribution in [0, 0.1) is 6.92 Å². The van der Waals surface area contributed by atoms with Gasteiger partial charge in [0.1, 0.15) is 5.76 Å². The highest BCUT2D eigenvalue weighted by molar-refractivity contribution is 5.78. The van der Waals surface area contributed by atoms with Gasteiger partial charge in [-0.3, -0.25) is 4.79 Å². The van der Waals surface area contributed by atoms with Crippen LogP contribution in [0.3, 0.4) is 0 Å². The van der Waals surface area contributed by atoms with Gasteiger partial charge in [-0.2, -0.15) is 0 Å². The van der Waals surface area contributed by atoms with Crippen LogP contribution >= 0.6 is 0 Å². The third-order valence-corrected chi connectivity index (χ3v) is 3.47. The van der Waals surface area contributed by atoms with E-state index in [1.165, 1.54) is 0 Å². The number of carbonyl (C=O) groups excluding carboxylic acids is 1. The molecular formula is C17H30N2O2. The summed E-state index contributed by atoms with van der Waals surface area (Å²) in [5.41, 5.74) is 0.706. The number of hydrogen-bond donors (Lipinski definition) is 0. The first kappa shape index (κ1) is 17.7. The summed E-state index contributed by atoms with van der Waals surface area (Å²) >= 11 is 0. The highest BCUT2D eigenvalue weighted by Crippen LogP contribution is 2.24. The maximum Gasteiger partial charge on any atom is 0.230 e. The van der Waals surface area contributed by atoms with E-state index in [1.807, 2.05) is 11.8 Å². The number of aryl methyl sites for hydroxylation is 1. The van der Waals surface area contributed by atoms with Crippen molar-refractivity contribution in [1.29, 1.82) is 0 Å². The van der Waals surface area contributed by atoms with Crippen LogP contribution in [0.5, 0.6) is 0 Å². The molecule has 0 saturated carbocycles. The van der Waals surface area contributed by atoms with Gasteiger partial charge in [-0.1, -0.05) is 41.0 Å². The van der Waals surface area contributed by atoms with E-state index < -0.39 is 0 Å². The van der Waals surface area contributed by atoms with E-state index in [1.54, 1.807) is 0 Å². The molecule has 4 heteroatoms. The fourth-order valence-corrected chi connectivity index (χ4v) is 2.14. The minimum absolute atomic E-state index is 0.128. The molecule has 1 amide bonds. The summed E-state index contributed by atoms with van der Waals surface area (Å²) in [6, 6.07) is 0. The standard InChI is InChI=1S/C17H30N2O2/c1-7-9-11-19(10-8-2)15(20)12-14-13(3)18-16(21-14)17(4,5)6/h7-12H2,1-6H3. The van der Waals surface area contributed by atoms with E-state index in [0.29, 0.717) is 18.1 Å². The second-order valence-electron chi connectivity index (χ2n) is 6.69. The van der Waals surface area contributed by atoms with E-state index in [2.05, 4.69) is 39.6 Å². The first-order valence-corrected chi connectivity index (χ1v) is 8.04. The summed E-state index contributed by atoms with van der Waals surface area (Å²) in [4.78, 5) is 18.9. The third-order valence-electron chi connectivity index (χ3n) is 3.47. The van der Waals surface area contributed by atoms with Gasteiger partial charge in [0.05, 0.1) is 12.1 Å². The molecular weight excluding hydrogens is 264 g/mol. The summed E-state index contributed by atoms with van der Waals surface area (Å²) in [5, 5.41) is 0. The Labute approximate surface area is 128 Å². The van der Waals surface area contributed by atoms with Crippen molar-refractivity contribution in [2.75, 3.05) is 13.1 Å². The van der Waals surface area contributed by atoms with Crippen molar-refractivity contribution in [2.24, 2.45) is 0 Å². The Morgan fingerprint density at radius 1 is 1.19 bits per heavy atom. The Kier molecular flexibility index (Phi) is 6.43. The second-order valence-corrected chi connectivity index (χ2v) is 6.69. The van der Waals surface area contributed by atoms with E-state index >= 15 is 0 Å². The van der Waals surface area contributed by atoms with Crippen molar-refractivity contribution in [2.45, 2.75) is 72.6 Å². The molecule has 1 aromatic heterocycles. The highest BCUT2D eigenvalue weighted by Gasteiger charge is 2.24. The molecule has 0 radical (unpaired) electrons. The lowest BCUT2D eigenvalue weighted by molar-refractivity contribution is -0.130. The molecule has 0 N–H and O–H groups in total. The third kappa shape index (κ3) is 5.18. The molecule has 0 aliphatic rings. The average Bonchev–Trinajstić information content (AvgIpc) is 2.76. The Balaban J connectivity index is 2.78. The molecule has 0 unspecified atom stereocenters. The van der Waals surface area contributed by atoms with Crippen LogP contribution < -0.4 is 0 Å². The first-order valence-electron chi connectivity index (χ1n) is 8.04. The predicted octanol–water partition coefficient (Wildman–Crippen LogP) is 3.86. The number of unbranched alkanes of at least 4 members (excludes halogenated alkanes) is 1. The van der Waals surface area contributed by atoms with E-state index in [4.69, 9.17) is 4.42 Å². The molecule has 0 saturated heterocycles. The SMILES string of the molecule is CCCCN(CCC)C(=O)Cc1oc(C(C)(C)C)nc1C. The van der Waals surface area contributed by atoms with Crippen molar-refractivity contribution in [3.63, 3.8) is 0 Å². The van der Waals surface area contributed by atoms with Gasteiger partial charge in [-0.25, -0.2) is 4.98 Å². The number of amides is 1. The van der Waals surface area contributed by atoms with E-state index in [9.17, 15) is 4.79 Å². The molecule has 0 atom stereocenters. The van der Waals surface area contributed by atoms with Crippen LogP contribution in [0.15, 0.2) is 4.42 Å². The smallest absolute Gasteiger partial charge is 0.230 e. The Morgan fingerprint density at radius 3 is 2.33 bits per heavy atom. The number of oxazole rings is 1.